The van der Waals surface area contributed by atoms with Gasteiger partial charge in [-0.3, -0.25) is 9.59 Å². The van der Waals surface area contributed by atoms with Crippen molar-refractivity contribution in [1.82, 2.24) is 5.32 Å². The lowest BCUT2D eigenvalue weighted by Gasteiger charge is -2.41. The number of aliphatic hydroxyl groups is 5. The van der Waals surface area contributed by atoms with Crippen LogP contribution in [0.2, 0.25) is 0 Å². The van der Waals surface area contributed by atoms with E-state index in [1.165, 1.54) is 173 Å². The number of unbranched alkanes of at least 4 members (excludes halogenated alkanes) is 33. The Kier molecular flexibility index (Phi) is 46.9. The van der Waals surface area contributed by atoms with E-state index in [4.69, 9.17) is 14.2 Å². The summed E-state index contributed by atoms with van der Waals surface area (Å²) in [6.45, 7) is 5.77. The predicted molar refractivity (Wildman–Crippen MR) is 297 cm³/mol. The van der Waals surface area contributed by atoms with Crippen LogP contribution >= 0.6 is 0 Å². The van der Waals surface area contributed by atoms with E-state index >= 15 is 0 Å². The molecule has 0 aromatic rings. The highest BCUT2D eigenvalue weighted by Crippen LogP contribution is 2.26. The lowest BCUT2D eigenvalue weighted by molar-refractivity contribution is -0.305. The maximum atomic E-state index is 13.4. The van der Waals surface area contributed by atoms with Crippen molar-refractivity contribution in [3.8, 4) is 0 Å². The molecule has 11 nitrogen and oxygen atoms in total. The Morgan fingerprint density at radius 2 is 0.917 bits per heavy atom. The molecule has 8 atom stereocenters. The van der Waals surface area contributed by atoms with Gasteiger partial charge in [0.2, 0.25) is 5.91 Å². The summed E-state index contributed by atoms with van der Waals surface area (Å²) >= 11 is 0. The Morgan fingerprint density at radius 1 is 0.528 bits per heavy atom. The largest absolute Gasteiger partial charge is 0.454 e. The normalized spacial score (nSPS) is 19.7. The highest BCUT2D eigenvalue weighted by atomic mass is 16.7. The molecule has 0 aliphatic carbocycles. The van der Waals surface area contributed by atoms with Gasteiger partial charge in [0.25, 0.3) is 0 Å². The second kappa shape index (κ2) is 49.7. The van der Waals surface area contributed by atoms with Gasteiger partial charge < -0.3 is 45.1 Å². The van der Waals surface area contributed by atoms with Crippen LogP contribution in [0.15, 0.2) is 36.5 Å². The monoisotopic (exact) mass is 1020 g/mol. The molecule has 1 fully saturated rings. The van der Waals surface area contributed by atoms with E-state index in [0.717, 1.165) is 57.8 Å². The molecule has 0 spiro atoms. The number of ether oxygens (including phenoxy) is 3. The predicted octanol–water partition coefficient (Wildman–Crippen LogP) is 13.9. The number of rotatable bonds is 51. The average Bonchev–Trinajstić information content (AvgIpc) is 3.38. The molecule has 1 saturated heterocycles. The summed E-state index contributed by atoms with van der Waals surface area (Å²) in [4.78, 5) is 26.5. The highest BCUT2D eigenvalue weighted by Gasteiger charge is 2.47. The smallest absolute Gasteiger partial charge is 0.306 e. The fourth-order valence-electron chi connectivity index (χ4n) is 9.41. The first-order valence-electron chi connectivity index (χ1n) is 30.3. The van der Waals surface area contributed by atoms with E-state index in [2.05, 4.69) is 50.4 Å². The summed E-state index contributed by atoms with van der Waals surface area (Å²) in [7, 11) is 0. The van der Waals surface area contributed by atoms with Crippen molar-refractivity contribution in [3.05, 3.63) is 36.5 Å². The quantitative estimate of drug-likeness (QED) is 0.0195. The van der Waals surface area contributed by atoms with Gasteiger partial charge in [-0.15, -0.1) is 0 Å². The fraction of sp³-hybridized carbons (Fsp3) is 0.869. The number of nitrogens with one attached hydrogen (secondary N) is 1. The van der Waals surface area contributed by atoms with E-state index in [-0.39, 0.29) is 19.4 Å². The van der Waals surface area contributed by atoms with E-state index < -0.39 is 67.4 Å². The Labute approximate surface area is 441 Å². The van der Waals surface area contributed by atoms with E-state index in [9.17, 15) is 35.1 Å². The summed E-state index contributed by atoms with van der Waals surface area (Å²) in [5.74, 6) is -1.21. The second-order valence-corrected chi connectivity index (χ2v) is 21.1. The van der Waals surface area contributed by atoms with Crippen molar-refractivity contribution in [3.63, 3.8) is 0 Å². The van der Waals surface area contributed by atoms with Gasteiger partial charge in [0.1, 0.15) is 24.4 Å². The van der Waals surface area contributed by atoms with E-state index in [1.54, 1.807) is 6.08 Å². The Bertz CT molecular complexity index is 1310. The zero-order chi connectivity index (χ0) is 52.5. The number of allylic oxidation sites excluding steroid dienone is 5. The zero-order valence-corrected chi connectivity index (χ0v) is 46.6. The van der Waals surface area contributed by atoms with E-state index in [0.29, 0.717) is 12.8 Å². The van der Waals surface area contributed by atoms with Crippen LogP contribution in [0, 0.1) is 0 Å². The molecule has 6 N–H and O–H groups in total. The second-order valence-electron chi connectivity index (χ2n) is 21.1. The molecule has 0 aromatic carbocycles. The summed E-state index contributed by atoms with van der Waals surface area (Å²) in [6, 6.07) is -1.03. The minimum Gasteiger partial charge on any atom is -0.454 e. The van der Waals surface area contributed by atoms with Gasteiger partial charge >= 0.3 is 5.97 Å². The third-order valence-corrected chi connectivity index (χ3v) is 14.3. The molecule has 1 aliphatic rings. The highest BCUT2D eigenvalue weighted by molar-refractivity contribution is 5.80. The zero-order valence-electron chi connectivity index (χ0n) is 46.6. The molecule has 0 bridgehead atoms. The minimum absolute atomic E-state index is 0.121. The molecule has 72 heavy (non-hydrogen) atoms. The number of hydrogen-bond donors (Lipinski definition) is 6. The lowest BCUT2D eigenvalue weighted by atomic mass is 9.99. The molecular formula is C61H113NO10. The van der Waals surface area contributed by atoms with Gasteiger partial charge in [-0.2, -0.15) is 0 Å². The number of carbonyl (C=O) groups is 2. The van der Waals surface area contributed by atoms with Crippen LogP contribution in [0.4, 0.5) is 0 Å². The lowest BCUT2D eigenvalue weighted by Crippen LogP contribution is -2.61. The number of aliphatic hydroxyl groups excluding tert-OH is 5. The van der Waals surface area contributed by atoms with Crippen LogP contribution in [0.3, 0.4) is 0 Å². The third kappa shape index (κ3) is 37.6. The first kappa shape index (κ1) is 67.9. The third-order valence-electron chi connectivity index (χ3n) is 14.3. The minimum atomic E-state index is -1.61. The molecular weight excluding hydrogens is 907 g/mol. The number of amides is 1. The van der Waals surface area contributed by atoms with Crippen molar-refractivity contribution in [2.24, 2.45) is 0 Å². The summed E-state index contributed by atoms with van der Waals surface area (Å²) in [5.41, 5.74) is 0. The maximum absolute atomic E-state index is 13.4. The molecule has 422 valence electrons. The molecule has 1 amide bonds. The molecule has 0 radical (unpaired) electrons. The van der Waals surface area contributed by atoms with Gasteiger partial charge in [0, 0.05) is 6.42 Å². The Hall–Kier alpha value is -2.12. The van der Waals surface area contributed by atoms with Crippen molar-refractivity contribution in [1.29, 1.82) is 0 Å². The molecule has 0 aromatic heterocycles. The van der Waals surface area contributed by atoms with E-state index in [1.807, 2.05) is 6.08 Å². The van der Waals surface area contributed by atoms with Crippen LogP contribution in [0.25, 0.3) is 0 Å². The molecule has 1 heterocycles. The molecule has 8 unspecified atom stereocenters. The van der Waals surface area contributed by atoms with Crippen LogP contribution in [-0.4, -0.2) is 99.6 Å². The SMILES string of the molecule is CCCCCCCC/C=C/CCCCCCCCCCCC(=O)OC1C(OCC(NC(=O)C(O)CCCC/C=C\CCCCCCCCC)C(O)/C=C/CCCCCCCCCCC)OC(CO)C(O)C1O. The Balaban J connectivity index is 2.67. The molecule has 0 saturated carbocycles. The average molecular weight is 1020 g/mol. The van der Waals surface area contributed by atoms with Gasteiger partial charge in [-0.25, -0.2) is 0 Å². The van der Waals surface area contributed by atoms with Crippen LogP contribution in [-0.2, 0) is 23.8 Å². The standard InChI is InChI=1S/C61H113NO10/c1-4-7-10-13-16-19-22-24-25-26-27-28-29-31-34-37-40-43-46-49-56(66)72-59-58(68)57(67)55(50-63)71-61(59)70-51-52(53(64)47-44-41-38-35-32-21-18-15-12-9-6-3)62-60(69)54(65)48-45-42-39-36-33-30-23-20-17-14-11-8-5-2/h24-25,33,36,44,47,52-55,57-59,61,63-65,67-68H,4-23,26-32,34-35,37-43,45-46,48-51H2,1-3H3,(H,62,69)/b25-24+,36-33-,47-44+. The van der Waals surface area contributed by atoms with Crippen molar-refractivity contribution in [2.75, 3.05) is 13.2 Å². The van der Waals surface area contributed by atoms with Gasteiger partial charge in [0.15, 0.2) is 12.4 Å². The van der Waals surface area contributed by atoms with Crippen LogP contribution < -0.4 is 5.32 Å². The van der Waals surface area contributed by atoms with Gasteiger partial charge in [-0.05, 0) is 77.0 Å². The number of carbonyl (C=O) groups excluding carboxylic acids is 2. The first-order valence-corrected chi connectivity index (χ1v) is 30.3. The summed E-state index contributed by atoms with van der Waals surface area (Å²) in [5, 5.41) is 56.8. The molecule has 1 aliphatic heterocycles. The topological polar surface area (TPSA) is 175 Å². The summed E-state index contributed by atoms with van der Waals surface area (Å²) in [6.07, 6.45) is 47.6. The van der Waals surface area contributed by atoms with Crippen molar-refractivity contribution in [2.45, 2.75) is 327 Å². The number of esters is 1. The molecule has 1 rings (SSSR count). The van der Waals surface area contributed by atoms with Crippen molar-refractivity contribution < 1.29 is 49.3 Å². The van der Waals surface area contributed by atoms with Crippen LogP contribution in [0.5, 0.6) is 0 Å². The van der Waals surface area contributed by atoms with Gasteiger partial charge in [0.05, 0.1) is 25.4 Å². The Morgan fingerprint density at radius 3 is 1.35 bits per heavy atom. The first-order chi connectivity index (χ1) is 35.2. The molecule has 11 heteroatoms. The van der Waals surface area contributed by atoms with Gasteiger partial charge in [-0.1, -0.05) is 231 Å². The fourth-order valence-corrected chi connectivity index (χ4v) is 9.41. The van der Waals surface area contributed by atoms with Crippen LogP contribution in [0.1, 0.15) is 278 Å². The van der Waals surface area contributed by atoms with Crippen molar-refractivity contribution >= 4 is 11.9 Å². The maximum Gasteiger partial charge on any atom is 0.306 e. The summed E-state index contributed by atoms with van der Waals surface area (Å²) < 4.78 is 17.6. The number of hydrogen-bond acceptors (Lipinski definition) is 10.